The maximum atomic E-state index is 4.77. The molecule has 0 radical (unpaired) electrons. The van der Waals surface area contributed by atoms with Gasteiger partial charge in [0.2, 0.25) is 0 Å². The lowest BCUT2D eigenvalue weighted by molar-refractivity contribution is 0.295. The van der Waals surface area contributed by atoms with Crippen LogP contribution in [0.3, 0.4) is 0 Å². The Kier molecular flexibility index (Phi) is 8.63. The van der Waals surface area contributed by atoms with Gasteiger partial charge in [0.15, 0.2) is 5.96 Å². The van der Waals surface area contributed by atoms with Crippen molar-refractivity contribution in [3.63, 3.8) is 0 Å². The van der Waals surface area contributed by atoms with Gasteiger partial charge in [0, 0.05) is 19.3 Å². The second-order valence-electron chi connectivity index (χ2n) is 6.10. The lowest BCUT2D eigenvalue weighted by atomic mass is 10.1. The molecule has 1 heterocycles. The van der Waals surface area contributed by atoms with E-state index in [1.165, 1.54) is 11.1 Å². The standard InChI is InChI=1S/C21H31N5/c1-4-22-21(25-16-20-13-9-10-14-23-20)24-15-18-11-7-8-12-19(18)17-26(5-2)6-3/h7-14H,4-6,15-17H2,1-3H3,(H2,22,24,25). The monoisotopic (exact) mass is 353 g/mol. The van der Waals surface area contributed by atoms with Gasteiger partial charge in [-0.25, -0.2) is 4.99 Å². The molecule has 0 bridgehead atoms. The van der Waals surface area contributed by atoms with E-state index in [2.05, 4.69) is 65.6 Å². The highest BCUT2D eigenvalue weighted by Crippen LogP contribution is 2.13. The van der Waals surface area contributed by atoms with Gasteiger partial charge in [0.05, 0.1) is 18.8 Å². The number of rotatable bonds is 9. The van der Waals surface area contributed by atoms with E-state index in [1.54, 1.807) is 0 Å². The Morgan fingerprint density at radius 1 is 0.962 bits per heavy atom. The Labute approximate surface area is 157 Å². The minimum Gasteiger partial charge on any atom is -0.357 e. The summed E-state index contributed by atoms with van der Waals surface area (Å²) in [6.07, 6.45) is 1.81. The topological polar surface area (TPSA) is 52.6 Å². The minimum absolute atomic E-state index is 0.660. The summed E-state index contributed by atoms with van der Waals surface area (Å²) in [5.74, 6) is 0.816. The molecule has 0 spiro atoms. The SMILES string of the molecule is CCNC(=NCc1ccccc1CN(CC)CC)NCc1ccccn1. The fourth-order valence-corrected chi connectivity index (χ4v) is 2.74. The molecule has 0 atom stereocenters. The van der Waals surface area contributed by atoms with Crippen LogP contribution in [0.15, 0.2) is 53.7 Å². The van der Waals surface area contributed by atoms with Crippen molar-refractivity contribution in [1.82, 2.24) is 20.5 Å². The Balaban J connectivity index is 2.04. The molecule has 2 N–H and O–H groups in total. The van der Waals surface area contributed by atoms with Crippen LogP contribution in [0.25, 0.3) is 0 Å². The molecular weight excluding hydrogens is 322 g/mol. The molecule has 0 aliphatic rings. The predicted octanol–water partition coefficient (Wildman–Crippen LogP) is 3.18. The number of nitrogens with zero attached hydrogens (tertiary/aromatic N) is 3. The number of aromatic nitrogens is 1. The first-order chi connectivity index (χ1) is 12.8. The summed E-state index contributed by atoms with van der Waals surface area (Å²) in [5, 5.41) is 6.66. The van der Waals surface area contributed by atoms with Crippen LogP contribution in [0.5, 0.6) is 0 Å². The van der Waals surface area contributed by atoms with E-state index in [-0.39, 0.29) is 0 Å². The third-order valence-electron chi connectivity index (χ3n) is 4.32. The van der Waals surface area contributed by atoms with Crippen LogP contribution in [-0.4, -0.2) is 35.5 Å². The molecule has 5 nitrogen and oxygen atoms in total. The fourth-order valence-electron chi connectivity index (χ4n) is 2.74. The van der Waals surface area contributed by atoms with Crippen molar-refractivity contribution in [2.75, 3.05) is 19.6 Å². The Morgan fingerprint density at radius 2 is 1.69 bits per heavy atom. The molecule has 0 unspecified atom stereocenters. The Bertz CT molecular complexity index is 665. The first kappa shape index (κ1) is 19.9. The molecular formula is C21H31N5. The van der Waals surface area contributed by atoms with Crippen molar-refractivity contribution in [2.24, 2.45) is 4.99 Å². The number of benzene rings is 1. The van der Waals surface area contributed by atoms with Crippen molar-refractivity contribution in [1.29, 1.82) is 0 Å². The van der Waals surface area contributed by atoms with Crippen LogP contribution in [0.1, 0.15) is 37.6 Å². The summed E-state index contributed by atoms with van der Waals surface area (Å²) < 4.78 is 0. The number of aliphatic imine (C=N–C) groups is 1. The summed E-state index contributed by atoms with van der Waals surface area (Å²) in [6.45, 7) is 11.7. The molecule has 2 rings (SSSR count). The third-order valence-corrected chi connectivity index (χ3v) is 4.32. The average molecular weight is 354 g/mol. The van der Waals surface area contributed by atoms with Crippen molar-refractivity contribution >= 4 is 5.96 Å². The molecule has 1 aromatic carbocycles. The van der Waals surface area contributed by atoms with Crippen molar-refractivity contribution < 1.29 is 0 Å². The van der Waals surface area contributed by atoms with E-state index in [1.807, 2.05) is 24.4 Å². The Morgan fingerprint density at radius 3 is 2.35 bits per heavy atom. The zero-order valence-corrected chi connectivity index (χ0v) is 16.2. The molecule has 140 valence electrons. The van der Waals surface area contributed by atoms with E-state index >= 15 is 0 Å². The predicted molar refractivity (Wildman–Crippen MR) is 109 cm³/mol. The van der Waals surface area contributed by atoms with Crippen molar-refractivity contribution in [2.45, 2.75) is 40.4 Å². The van der Waals surface area contributed by atoms with Crippen LogP contribution in [0.2, 0.25) is 0 Å². The highest BCUT2D eigenvalue weighted by molar-refractivity contribution is 5.79. The maximum absolute atomic E-state index is 4.77. The maximum Gasteiger partial charge on any atom is 0.191 e. The highest BCUT2D eigenvalue weighted by Gasteiger charge is 2.06. The van der Waals surface area contributed by atoms with Gasteiger partial charge in [0.1, 0.15) is 0 Å². The van der Waals surface area contributed by atoms with Gasteiger partial charge in [-0.05, 0) is 43.3 Å². The smallest absolute Gasteiger partial charge is 0.191 e. The molecule has 0 saturated carbocycles. The molecule has 0 fully saturated rings. The number of guanidine groups is 1. The molecule has 0 amide bonds. The number of hydrogen-bond acceptors (Lipinski definition) is 3. The fraction of sp³-hybridized carbons (Fsp3) is 0.429. The van der Waals surface area contributed by atoms with Crippen LogP contribution < -0.4 is 10.6 Å². The second-order valence-corrected chi connectivity index (χ2v) is 6.10. The molecule has 0 aliphatic heterocycles. The Hall–Kier alpha value is -2.40. The van der Waals surface area contributed by atoms with Gasteiger partial charge in [0.25, 0.3) is 0 Å². The van der Waals surface area contributed by atoms with Gasteiger partial charge in [-0.2, -0.15) is 0 Å². The lowest BCUT2D eigenvalue weighted by Crippen LogP contribution is -2.37. The summed E-state index contributed by atoms with van der Waals surface area (Å²) in [5.41, 5.74) is 3.62. The molecule has 2 aromatic rings. The van der Waals surface area contributed by atoms with E-state index in [0.717, 1.165) is 37.8 Å². The molecule has 5 heteroatoms. The van der Waals surface area contributed by atoms with Gasteiger partial charge >= 0.3 is 0 Å². The average Bonchev–Trinajstić information content (AvgIpc) is 2.69. The van der Waals surface area contributed by atoms with Gasteiger partial charge in [-0.1, -0.05) is 44.2 Å². The van der Waals surface area contributed by atoms with E-state index in [4.69, 9.17) is 4.99 Å². The first-order valence-electron chi connectivity index (χ1n) is 9.48. The normalized spacial score (nSPS) is 11.6. The van der Waals surface area contributed by atoms with Crippen molar-refractivity contribution in [3.8, 4) is 0 Å². The van der Waals surface area contributed by atoms with Gasteiger partial charge in [-0.15, -0.1) is 0 Å². The van der Waals surface area contributed by atoms with E-state index < -0.39 is 0 Å². The third kappa shape index (κ3) is 6.48. The molecule has 1 aromatic heterocycles. The van der Waals surface area contributed by atoms with Crippen molar-refractivity contribution in [3.05, 3.63) is 65.5 Å². The highest BCUT2D eigenvalue weighted by atomic mass is 15.2. The van der Waals surface area contributed by atoms with Gasteiger partial charge in [-0.3, -0.25) is 9.88 Å². The summed E-state index contributed by atoms with van der Waals surface area (Å²) >= 11 is 0. The minimum atomic E-state index is 0.660. The van der Waals surface area contributed by atoms with Crippen LogP contribution in [0, 0.1) is 0 Å². The summed E-state index contributed by atoms with van der Waals surface area (Å²) in [4.78, 5) is 11.5. The number of nitrogens with one attached hydrogen (secondary N) is 2. The van der Waals surface area contributed by atoms with E-state index in [0.29, 0.717) is 13.1 Å². The molecule has 0 saturated heterocycles. The number of hydrogen-bond donors (Lipinski definition) is 2. The summed E-state index contributed by atoms with van der Waals surface area (Å²) in [7, 11) is 0. The lowest BCUT2D eigenvalue weighted by Gasteiger charge is -2.20. The number of pyridine rings is 1. The second kappa shape index (κ2) is 11.3. The van der Waals surface area contributed by atoms with Crippen LogP contribution in [0.4, 0.5) is 0 Å². The first-order valence-corrected chi connectivity index (χ1v) is 9.48. The molecule has 0 aliphatic carbocycles. The van der Waals surface area contributed by atoms with Crippen LogP contribution >= 0.6 is 0 Å². The summed E-state index contributed by atoms with van der Waals surface area (Å²) in [6, 6.07) is 14.5. The van der Waals surface area contributed by atoms with Crippen LogP contribution in [-0.2, 0) is 19.6 Å². The van der Waals surface area contributed by atoms with Gasteiger partial charge < -0.3 is 10.6 Å². The zero-order valence-electron chi connectivity index (χ0n) is 16.2. The largest absolute Gasteiger partial charge is 0.357 e. The quantitative estimate of drug-likeness (QED) is 0.537. The van der Waals surface area contributed by atoms with E-state index in [9.17, 15) is 0 Å². The zero-order chi connectivity index (χ0) is 18.6. The molecule has 26 heavy (non-hydrogen) atoms.